The maximum absolute atomic E-state index is 11.9. The third-order valence-electron chi connectivity index (χ3n) is 3.67. The lowest BCUT2D eigenvalue weighted by atomic mass is 9.87. The number of anilines is 1. The molecule has 24 heavy (non-hydrogen) atoms. The van der Waals surface area contributed by atoms with Crippen LogP contribution in [0.3, 0.4) is 0 Å². The summed E-state index contributed by atoms with van der Waals surface area (Å²) in [6.45, 7) is 8.56. The first-order chi connectivity index (χ1) is 11.3. The van der Waals surface area contributed by atoms with Crippen molar-refractivity contribution >= 4 is 28.8 Å². The summed E-state index contributed by atoms with van der Waals surface area (Å²) in [6.07, 6.45) is 0.717. The fraction of sp³-hybridized carbons (Fsp3) is 0.368. The maximum Gasteiger partial charge on any atom is 0.319 e. The number of hydrogen-bond donors (Lipinski definition) is 2. The molecule has 2 amide bonds. The molecule has 2 aromatic rings. The van der Waals surface area contributed by atoms with Gasteiger partial charge < -0.3 is 10.6 Å². The zero-order valence-corrected chi connectivity index (χ0v) is 15.4. The SMILES string of the molecule is CC(=O)c1ccc(CCNC(=O)Nc2ccc(C(C)(C)C)cc2)s1. The zero-order chi connectivity index (χ0) is 17.7. The van der Waals surface area contributed by atoms with Crippen molar-refractivity contribution in [2.45, 2.75) is 39.5 Å². The number of rotatable bonds is 5. The maximum atomic E-state index is 11.9. The number of amides is 2. The number of hydrogen-bond acceptors (Lipinski definition) is 3. The molecule has 0 fully saturated rings. The second kappa shape index (κ2) is 7.62. The Balaban J connectivity index is 1.79. The van der Waals surface area contributed by atoms with Gasteiger partial charge in [-0.1, -0.05) is 32.9 Å². The first-order valence-corrected chi connectivity index (χ1v) is 8.82. The lowest BCUT2D eigenvalue weighted by Gasteiger charge is -2.19. The fourth-order valence-electron chi connectivity index (χ4n) is 2.23. The van der Waals surface area contributed by atoms with Crippen LogP contribution >= 0.6 is 11.3 Å². The molecule has 1 heterocycles. The van der Waals surface area contributed by atoms with E-state index in [9.17, 15) is 9.59 Å². The normalized spacial score (nSPS) is 11.2. The second-order valence-electron chi connectivity index (χ2n) is 6.78. The standard InChI is InChI=1S/C19H24N2O2S/c1-13(22)17-10-9-16(24-17)11-12-20-18(23)21-15-7-5-14(6-8-15)19(2,3)4/h5-10H,11-12H2,1-4H3,(H2,20,21,23). The molecule has 0 radical (unpaired) electrons. The number of Topliss-reactive ketones (excluding diaryl/α,β-unsaturated/α-hetero) is 1. The van der Waals surface area contributed by atoms with Crippen molar-refractivity contribution in [1.82, 2.24) is 5.32 Å². The molecule has 0 unspecified atom stereocenters. The van der Waals surface area contributed by atoms with Gasteiger partial charge in [0.15, 0.2) is 5.78 Å². The monoisotopic (exact) mass is 344 g/mol. The summed E-state index contributed by atoms with van der Waals surface area (Å²) in [5.74, 6) is 0.0793. The van der Waals surface area contributed by atoms with Crippen LogP contribution < -0.4 is 10.6 Å². The highest BCUT2D eigenvalue weighted by molar-refractivity contribution is 7.14. The van der Waals surface area contributed by atoms with Crippen LogP contribution in [0, 0.1) is 0 Å². The molecule has 0 aliphatic heterocycles. The number of carbonyl (C=O) groups excluding carboxylic acids is 2. The number of benzene rings is 1. The molecule has 4 nitrogen and oxygen atoms in total. The third-order valence-corrected chi connectivity index (χ3v) is 4.92. The van der Waals surface area contributed by atoms with E-state index < -0.39 is 0 Å². The predicted octanol–water partition coefficient (Wildman–Crippen LogP) is 4.61. The molecule has 0 atom stereocenters. The van der Waals surface area contributed by atoms with Crippen molar-refractivity contribution < 1.29 is 9.59 Å². The Morgan fingerprint density at radius 1 is 1.04 bits per heavy atom. The van der Waals surface area contributed by atoms with Gasteiger partial charge in [0.05, 0.1) is 4.88 Å². The Labute approximate surface area is 147 Å². The predicted molar refractivity (Wildman–Crippen MR) is 100 cm³/mol. The van der Waals surface area contributed by atoms with Gasteiger partial charge in [-0.15, -0.1) is 11.3 Å². The van der Waals surface area contributed by atoms with Crippen LogP contribution in [0.25, 0.3) is 0 Å². The van der Waals surface area contributed by atoms with Gasteiger partial charge in [-0.25, -0.2) is 4.79 Å². The lowest BCUT2D eigenvalue weighted by molar-refractivity contribution is 0.102. The molecule has 0 saturated heterocycles. The fourth-order valence-corrected chi connectivity index (χ4v) is 3.13. The minimum Gasteiger partial charge on any atom is -0.338 e. The Hall–Kier alpha value is -2.14. The van der Waals surface area contributed by atoms with E-state index in [0.29, 0.717) is 13.0 Å². The first kappa shape index (κ1) is 18.2. The number of thiophene rings is 1. The summed E-state index contributed by atoms with van der Waals surface area (Å²) in [6, 6.07) is 11.4. The van der Waals surface area contributed by atoms with Crippen molar-refractivity contribution in [2.75, 3.05) is 11.9 Å². The van der Waals surface area contributed by atoms with Gasteiger partial charge in [0, 0.05) is 17.1 Å². The van der Waals surface area contributed by atoms with Crippen molar-refractivity contribution in [3.63, 3.8) is 0 Å². The number of urea groups is 1. The molecule has 128 valence electrons. The van der Waals surface area contributed by atoms with E-state index in [2.05, 4.69) is 31.4 Å². The minimum atomic E-state index is -0.221. The van der Waals surface area contributed by atoms with Gasteiger partial charge in [-0.05, 0) is 48.6 Å². The highest BCUT2D eigenvalue weighted by Crippen LogP contribution is 2.23. The average molecular weight is 344 g/mol. The van der Waals surface area contributed by atoms with E-state index >= 15 is 0 Å². The van der Waals surface area contributed by atoms with Gasteiger partial charge in [0.1, 0.15) is 0 Å². The molecule has 0 saturated carbocycles. The molecule has 0 aliphatic carbocycles. The Morgan fingerprint density at radius 2 is 1.71 bits per heavy atom. The van der Waals surface area contributed by atoms with E-state index in [-0.39, 0.29) is 17.2 Å². The lowest BCUT2D eigenvalue weighted by Crippen LogP contribution is -2.30. The van der Waals surface area contributed by atoms with E-state index in [4.69, 9.17) is 0 Å². The topological polar surface area (TPSA) is 58.2 Å². The molecule has 5 heteroatoms. The summed E-state index contributed by atoms with van der Waals surface area (Å²) in [7, 11) is 0. The van der Waals surface area contributed by atoms with Gasteiger partial charge in [0.25, 0.3) is 0 Å². The van der Waals surface area contributed by atoms with Crippen LogP contribution in [0.2, 0.25) is 0 Å². The first-order valence-electron chi connectivity index (χ1n) is 8.01. The molecule has 0 spiro atoms. The van der Waals surface area contributed by atoms with E-state index in [0.717, 1.165) is 15.4 Å². The molecule has 0 aliphatic rings. The van der Waals surface area contributed by atoms with Crippen LogP contribution in [0.5, 0.6) is 0 Å². The van der Waals surface area contributed by atoms with Gasteiger partial charge in [0.2, 0.25) is 0 Å². The largest absolute Gasteiger partial charge is 0.338 e. The smallest absolute Gasteiger partial charge is 0.319 e. The van der Waals surface area contributed by atoms with Gasteiger partial charge in [-0.2, -0.15) is 0 Å². The number of nitrogens with one attached hydrogen (secondary N) is 2. The quantitative estimate of drug-likeness (QED) is 0.778. The Kier molecular flexibility index (Phi) is 5.78. The average Bonchev–Trinajstić information content (AvgIpc) is 2.96. The molecule has 2 rings (SSSR count). The summed E-state index contributed by atoms with van der Waals surface area (Å²) in [5, 5.41) is 5.66. The molecular formula is C19H24N2O2S. The zero-order valence-electron chi connectivity index (χ0n) is 14.6. The number of carbonyl (C=O) groups is 2. The molecular weight excluding hydrogens is 320 g/mol. The summed E-state index contributed by atoms with van der Waals surface area (Å²) in [4.78, 5) is 25.0. The molecule has 0 bridgehead atoms. The summed E-state index contributed by atoms with van der Waals surface area (Å²) in [5.41, 5.74) is 2.10. The van der Waals surface area contributed by atoms with E-state index in [1.54, 1.807) is 6.92 Å². The van der Waals surface area contributed by atoms with Crippen LogP contribution in [0.4, 0.5) is 10.5 Å². The van der Waals surface area contributed by atoms with Gasteiger partial charge in [-0.3, -0.25) is 4.79 Å². The van der Waals surface area contributed by atoms with Crippen LogP contribution in [-0.2, 0) is 11.8 Å². The van der Waals surface area contributed by atoms with Crippen molar-refractivity contribution in [3.05, 3.63) is 51.7 Å². The van der Waals surface area contributed by atoms with Crippen molar-refractivity contribution in [3.8, 4) is 0 Å². The highest BCUT2D eigenvalue weighted by Gasteiger charge is 2.13. The number of ketones is 1. The van der Waals surface area contributed by atoms with E-state index in [1.165, 1.54) is 16.9 Å². The van der Waals surface area contributed by atoms with Crippen LogP contribution in [-0.4, -0.2) is 18.4 Å². The summed E-state index contributed by atoms with van der Waals surface area (Å²) < 4.78 is 0. The minimum absolute atomic E-state index is 0.0793. The molecule has 1 aromatic carbocycles. The summed E-state index contributed by atoms with van der Waals surface area (Å²) >= 11 is 1.48. The van der Waals surface area contributed by atoms with Crippen LogP contribution in [0.1, 0.15) is 47.8 Å². The molecule has 1 aromatic heterocycles. The Morgan fingerprint density at radius 3 is 2.25 bits per heavy atom. The molecule has 2 N–H and O–H groups in total. The van der Waals surface area contributed by atoms with E-state index in [1.807, 2.05) is 36.4 Å². The van der Waals surface area contributed by atoms with Crippen molar-refractivity contribution in [1.29, 1.82) is 0 Å². The van der Waals surface area contributed by atoms with Crippen molar-refractivity contribution in [2.24, 2.45) is 0 Å². The third kappa shape index (κ3) is 5.20. The van der Waals surface area contributed by atoms with Crippen LogP contribution in [0.15, 0.2) is 36.4 Å². The highest BCUT2D eigenvalue weighted by atomic mass is 32.1. The van der Waals surface area contributed by atoms with Gasteiger partial charge >= 0.3 is 6.03 Å². The second-order valence-corrected chi connectivity index (χ2v) is 7.95. The Bertz CT molecular complexity index is 712.